The van der Waals surface area contributed by atoms with Gasteiger partial charge >= 0.3 is 0 Å². The van der Waals surface area contributed by atoms with Gasteiger partial charge in [0.25, 0.3) is 5.91 Å². The molecule has 0 atom stereocenters. The number of sulfonamides is 1. The van der Waals surface area contributed by atoms with Crippen molar-refractivity contribution in [2.24, 2.45) is 5.41 Å². The van der Waals surface area contributed by atoms with Crippen LogP contribution in [0, 0.1) is 15.9 Å². The Balaban J connectivity index is 2.20. The fourth-order valence-electron chi connectivity index (χ4n) is 3.96. The van der Waals surface area contributed by atoms with Crippen molar-refractivity contribution in [3.05, 3.63) is 62.7 Å². The highest BCUT2D eigenvalue weighted by molar-refractivity contribution is 14.1. The van der Waals surface area contributed by atoms with Crippen LogP contribution in [0.15, 0.2) is 42.5 Å². The van der Waals surface area contributed by atoms with Crippen molar-refractivity contribution in [3.63, 3.8) is 0 Å². The molecule has 0 heterocycles. The Morgan fingerprint density at radius 3 is 2.10 bits per heavy atom. The van der Waals surface area contributed by atoms with E-state index in [4.69, 9.17) is 0 Å². The largest absolute Gasteiger partial charge is 0.347 e. The SMILES string of the molecule is Cc1cc(I)ccc1N(Cc1ccc(C(=O)NC(C)(C)CC(C)(C)C)cc1)S(C)(=O)=O. The number of aryl methyl sites for hydroxylation is 1. The smallest absolute Gasteiger partial charge is 0.251 e. The van der Waals surface area contributed by atoms with Crippen LogP contribution in [-0.4, -0.2) is 26.1 Å². The van der Waals surface area contributed by atoms with Gasteiger partial charge < -0.3 is 5.32 Å². The summed E-state index contributed by atoms with van der Waals surface area (Å²) in [5, 5.41) is 3.11. The topological polar surface area (TPSA) is 66.5 Å². The minimum Gasteiger partial charge on any atom is -0.347 e. The van der Waals surface area contributed by atoms with E-state index in [1.165, 1.54) is 10.6 Å². The lowest BCUT2D eigenvalue weighted by Crippen LogP contribution is -2.45. The van der Waals surface area contributed by atoms with E-state index >= 15 is 0 Å². The van der Waals surface area contributed by atoms with E-state index in [9.17, 15) is 13.2 Å². The van der Waals surface area contributed by atoms with Crippen molar-refractivity contribution in [2.75, 3.05) is 10.6 Å². The van der Waals surface area contributed by atoms with Crippen molar-refractivity contribution in [1.82, 2.24) is 5.32 Å². The van der Waals surface area contributed by atoms with Crippen molar-refractivity contribution in [3.8, 4) is 0 Å². The molecule has 0 radical (unpaired) electrons. The third-order valence-electron chi connectivity index (χ3n) is 4.79. The van der Waals surface area contributed by atoms with E-state index in [-0.39, 0.29) is 23.4 Å². The molecule has 170 valence electrons. The van der Waals surface area contributed by atoms with E-state index in [1.807, 2.05) is 51.1 Å². The molecule has 0 aromatic heterocycles. The highest BCUT2D eigenvalue weighted by Crippen LogP contribution is 2.28. The molecule has 31 heavy (non-hydrogen) atoms. The number of anilines is 1. The molecular weight excluding hydrogens is 523 g/mol. The summed E-state index contributed by atoms with van der Waals surface area (Å²) in [5.41, 5.74) is 2.70. The average Bonchev–Trinajstić information content (AvgIpc) is 2.57. The first-order chi connectivity index (χ1) is 14.1. The Morgan fingerprint density at radius 1 is 1.03 bits per heavy atom. The molecule has 2 rings (SSSR count). The van der Waals surface area contributed by atoms with Crippen LogP contribution in [0.3, 0.4) is 0 Å². The van der Waals surface area contributed by atoms with Gasteiger partial charge in [-0.2, -0.15) is 0 Å². The highest BCUT2D eigenvalue weighted by atomic mass is 127. The highest BCUT2D eigenvalue weighted by Gasteiger charge is 2.27. The molecule has 0 saturated heterocycles. The van der Waals surface area contributed by atoms with Crippen LogP contribution < -0.4 is 9.62 Å². The summed E-state index contributed by atoms with van der Waals surface area (Å²) in [6.07, 6.45) is 2.06. The van der Waals surface area contributed by atoms with Gasteiger partial charge in [-0.3, -0.25) is 9.10 Å². The number of amides is 1. The van der Waals surface area contributed by atoms with Crippen LogP contribution in [0.5, 0.6) is 0 Å². The number of carbonyl (C=O) groups is 1. The zero-order valence-electron chi connectivity index (χ0n) is 19.4. The second-order valence-electron chi connectivity index (χ2n) is 9.97. The Labute approximate surface area is 200 Å². The van der Waals surface area contributed by atoms with E-state index in [0.29, 0.717) is 11.3 Å². The summed E-state index contributed by atoms with van der Waals surface area (Å²) >= 11 is 2.21. The maximum atomic E-state index is 12.7. The Bertz CT molecular complexity index is 1040. The van der Waals surface area contributed by atoms with Crippen LogP contribution in [-0.2, 0) is 16.6 Å². The van der Waals surface area contributed by atoms with Crippen LogP contribution >= 0.6 is 22.6 Å². The Hall–Kier alpha value is -1.61. The number of carbonyl (C=O) groups excluding carboxylic acids is 1. The number of nitrogens with one attached hydrogen (secondary N) is 1. The van der Waals surface area contributed by atoms with Crippen LogP contribution in [0.1, 0.15) is 62.5 Å². The molecule has 0 aliphatic heterocycles. The molecule has 0 aliphatic carbocycles. The average molecular weight is 557 g/mol. The first-order valence-corrected chi connectivity index (χ1v) is 13.2. The Morgan fingerprint density at radius 2 is 1.61 bits per heavy atom. The first-order valence-electron chi connectivity index (χ1n) is 10.2. The number of halogens is 1. The van der Waals surface area contributed by atoms with Gasteiger partial charge in [0.05, 0.1) is 18.5 Å². The number of benzene rings is 2. The molecular formula is C24H33IN2O3S. The number of rotatable bonds is 7. The molecule has 0 aliphatic rings. The predicted molar refractivity (Wildman–Crippen MR) is 137 cm³/mol. The van der Waals surface area contributed by atoms with Crippen molar-refractivity contribution < 1.29 is 13.2 Å². The fourth-order valence-corrected chi connectivity index (χ4v) is 5.55. The summed E-state index contributed by atoms with van der Waals surface area (Å²) in [6, 6.07) is 12.8. The molecule has 1 amide bonds. The third kappa shape index (κ3) is 7.79. The summed E-state index contributed by atoms with van der Waals surface area (Å²) in [5.74, 6) is -0.130. The summed E-state index contributed by atoms with van der Waals surface area (Å²) in [7, 11) is -3.47. The summed E-state index contributed by atoms with van der Waals surface area (Å²) in [4.78, 5) is 12.7. The summed E-state index contributed by atoms with van der Waals surface area (Å²) < 4.78 is 27.4. The van der Waals surface area contributed by atoms with Gasteiger partial charge in [0.15, 0.2) is 0 Å². The number of nitrogens with zero attached hydrogens (tertiary/aromatic N) is 1. The Kier molecular flexibility index (Phi) is 7.85. The zero-order chi connectivity index (χ0) is 23.6. The number of hydrogen-bond donors (Lipinski definition) is 1. The molecule has 0 fully saturated rings. The van der Waals surface area contributed by atoms with Crippen molar-refractivity contribution in [2.45, 2.75) is 60.0 Å². The minimum absolute atomic E-state index is 0.101. The van der Waals surface area contributed by atoms with Crippen LogP contribution in [0.25, 0.3) is 0 Å². The van der Waals surface area contributed by atoms with Gasteiger partial charge in [-0.15, -0.1) is 0 Å². The summed E-state index contributed by atoms with van der Waals surface area (Å²) in [6.45, 7) is 12.6. The third-order valence-corrected chi connectivity index (χ3v) is 6.59. The monoisotopic (exact) mass is 556 g/mol. The second-order valence-corrected chi connectivity index (χ2v) is 13.1. The first kappa shape index (κ1) is 25.6. The predicted octanol–water partition coefficient (Wildman–Crippen LogP) is 5.51. The maximum absolute atomic E-state index is 12.7. The minimum atomic E-state index is -3.47. The van der Waals surface area contributed by atoms with Gasteiger partial charge in [-0.05, 0) is 96.7 Å². The standard InChI is InChI=1S/C24H33IN2O3S/c1-17-14-20(25)12-13-21(17)27(31(7,29)30)15-18-8-10-19(11-9-18)22(28)26-24(5,6)16-23(2,3)4/h8-14H,15-16H2,1-7H3,(H,26,28). The maximum Gasteiger partial charge on any atom is 0.251 e. The molecule has 0 unspecified atom stereocenters. The normalized spacial score (nSPS) is 12.5. The quantitative estimate of drug-likeness (QED) is 0.458. The lowest BCUT2D eigenvalue weighted by Gasteiger charge is -2.33. The number of hydrogen-bond acceptors (Lipinski definition) is 3. The zero-order valence-corrected chi connectivity index (χ0v) is 22.4. The van der Waals surface area contributed by atoms with Gasteiger partial charge in [0, 0.05) is 14.7 Å². The van der Waals surface area contributed by atoms with Gasteiger partial charge in [-0.25, -0.2) is 8.42 Å². The molecule has 2 aromatic carbocycles. The molecule has 5 nitrogen and oxygen atoms in total. The van der Waals surface area contributed by atoms with Crippen molar-refractivity contribution in [1.29, 1.82) is 0 Å². The van der Waals surface area contributed by atoms with Crippen LogP contribution in [0.2, 0.25) is 0 Å². The van der Waals surface area contributed by atoms with E-state index in [1.54, 1.807) is 12.1 Å². The molecule has 1 N–H and O–H groups in total. The van der Waals surface area contributed by atoms with Gasteiger partial charge in [0.2, 0.25) is 10.0 Å². The van der Waals surface area contributed by atoms with Gasteiger partial charge in [0.1, 0.15) is 0 Å². The van der Waals surface area contributed by atoms with E-state index < -0.39 is 10.0 Å². The van der Waals surface area contributed by atoms with E-state index in [2.05, 4.69) is 48.7 Å². The lowest BCUT2D eigenvalue weighted by molar-refractivity contribution is 0.0891. The van der Waals surface area contributed by atoms with E-state index in [0.717, 1.165) is 21.1 Å². The fraction of sp³-hybridized carbons (Fsp3) is 0.458. The molecule has 2 aromatic rings. The second kappa shape index (κ2) is 9.48. The molecule has 7 heteroatoms. The molecule has 0 bridgehead atoms. The lowest BCUT2D eigenvalue weighted by atomic mass is 9.81. The van der Waals surface area contributed by atoms with Gasteiger partial charge in [-0.1, -0.05) is 32.9 Å². The van der Waals surface area contributed by atoms with Crippen molar-refractivity contribution >= 4 is 44.2 Å². The molecule has 0 saturated carbocycles. The van der Waals surface area contributed by atoms with Crippen LogP contribution in [0.4, 0.5) is 5.69 Å². The molecule has 0 spiro atoms.